The van der Waals surface area contributed by atoms with Crippen LogP contribution in [0.1, 0.15) is 288 Å². The quantitative estimate of drug-likeness (QED) is 0.0425. The van der Waals surface area contributed by atoms with E-state index in [2.05, 4.69) is 177 Å². The predicted molar refractivity (Wildman–Crippen MR) is 491 cm³/mol. The van der Waals surface area contributed by atoms with Crippen molar-refractivity contribution >= 4 is 114 Å². The summed E-state index contributed by atoms with van der Waals surface area (Å²) < 4.78 is 66.6. The first-order valence-corrected chi connectivity index (χ1v) is 67.4. The first kappa shape index (κ1) is 152. The highest BCUT2D eigenvalue weighted by atomic mass is 28.5. The molecule has 0 saturated heterocycles. The lowest BCUT2D eigenvalue weighted by molar-refractivity contribution is -0.136. The number of hydrogen-bond donors (Lipinski definition) is 0. The molecule has 0 aliphatic rings. The molecule has 0 amide bonds. The van der Waals surface area contributed by atoms with E-state index >= 15 is 0 Å². The molecule has 0 radical (unpaired) electrons. The molecule has 0 N–H and O–H groups in total. The van der Waals surface area contributed by atoms with Gasteiger partial charge in [-0.3, -0.25) is 9.59 Å². The van der Waals surface area contributed by atoms with Crippen LogP contribution in [0.15, 0.2) is 0 Å². The summed E-state index contributed by atoms with van der Waals surface area (Å²) in [7, 11) is -25.2. The summed E-state index contributed by atoms with van der Waals surface area (Å²) in [6, 6.07) is 2.87. The van der Waals surface area contributed by atoms with Gasteiger partial charge in [0.25, 0.3) is 21.2 Å². The maximum Gasteiger partial charge on any atom is 0.317 e. The van der Waals surface area contributed by atoms with Crippen molar-refractivity contribution in [2.75, 3.05) is 0 Å². The smallest absolute Gasteiger partial charge is 0.317 e. The fourth-order valence-corrected chi connectivity index (χ4v) is 56.2. The highest BCUT2D eigenvalue weighted by Gasteiger charge is 2.49. The molecule has 0 aliphatic carbocycles. The van der Waals surface area contributed by atoms with Crippen molar-refractivity contribution < 1.29 is 51.4 Å². The molecule has 0 saturated carbocycles. The van der Waals surface area contributed by atoms with E-state index in [1.54, 1.807) is 0 Å². The molecule has 4 atom stereocenters. The summed E-state index contributed by atoms with van der Waals surface area (Å²) in [6.07, 6.45) is 26.3. The van der Waals surface area contributed by atoms with Gasteiger partial charge >= 0.3 is 42.8 Å². The lowest BCUT2D eigenvalue weighted by Crippen LogP contribution is -2.60. The minimum atomic E-state index is -2.70. The summed E-state index contributed by atoms with van der Waals surface area (Å²) in [5.74, 6) is -0.00808. The molecule has 0 aromatic heterocycles. The number of hydrogen-bond acceptors (Lipinski definition) is 12. The van der Waals surface area contributed by atoms with Crippen molar-refractivity contribution in [1.82, 2.24) is 0 Å². The topological polar surface area (TPSA) is 126 Å². The van der Waals surface area contributed by atoms with Gasteiger partial charge in [0, 0.05) is 12.8 Å². The van der Waals surface area contributed by atoms with Crippen LogP contribution in [0.5, 0.6) is 0 Å². The van der Waals surface area contributed by atoms with E-state index in [9.17, 15) is 9.59 Å². The fraction of sp³-hybridized carbons (Fsp3) is 0.973. The predicted octanol–water partition coefficient (Wildman–Crippen LogP) is 31.1. The SMILES string of the molecule is C.C.C.C.C.C.C.C.C.C.C.C.C.C.C.C.C.C.CCCCCCCCCCCC(=O)O[Si](C)(C)C.C[SiH](O[Si](C)(C)C)O[Si](C)(CCCCCC[Si](C)(O[Si](C)(C)O[Si](C)(C)C)O[Si](C)(CCCCCCCCCCC(=O)O[Si](C)(C)C)O[Si](C)(C)C)O[Si](C)(C)O[Si](C)(C)C. The normalized spacial score (nSPS) is 13.1. The third kappa shape index (κ3) is 101. The van der Waals surface area contributed by atoms with Gasteiger partial charge in [-0.15, -0.1) is 0 Å². The Kier molecular flexibility index (Phi) is 112. The highest BCUT2D eigenvalue weighted by molar-refractivity contribution is 6.91. The Morgan fingerprint density at radius 2 is 0.474 bits per heavy atom. The molecule has 0 fully saturated rings. The molecule has 0 aromatic carbocycles. The molecule has 0 rings (SSSR count). The first-order chi connectivity index (χ1) is 35.6. The maximum absolute atomic E-state index is 12.1. The fourth-order valence-electron chi connectivity index (χ4n) is 10.3. The summed E-state index contributed by atoms with van der Waals surface area (Å²) in [6.45, 7) is 59.6. The Morgan fingerprint density at radius 3 is 0.722 bits per heavy atom. The van der Waals surface area contributed by atoms with Crippen LogP contribution < -0.4 is 0 Å². The van der Waals surface area contributed by atoms with Gasteiger partial charge in [0.2, 0.25) is 16.6 Å². The van der Waals surface area contributed by atoms with Gasteiger partial charge in [-0.05, 0) is 201 Å². The average molecular weight is 1610 g/mol. The second-order valence-electron chi connectivity index (χ2n) is 30.1. The second-order valence-corrected chi connectivity index (χ2v) is 77.6. The molecule has 12 nitrogen and oxygen atoms in total. The van der Waals surface area contributed by atoms with Gasteiger partial charge in [-0.2, -0.15) is 0 Å². The van der Waals surface area contributed by atoms with Crippen molar-refractivity contribution in [2.24, 2.45) is 0 Å². The lowest BCUT2D eigenvalue weighted by atomic mass is 10.1. The van der Waals surface area contributed by atoms with Gasteiger partial charge < -0.3 is 41.8 Å². The van der Waals surface area contributed by atoms with E-state index in [4.69, 9.17) is 41.8 Å². The van der Waals surface area contributed by atoms with Crippen molar-refractivity contribution in [3.8, 4) is 0 Å². The molecule has 4 unspecified atom stereocenters. The molecule has 0 bridgehead atoms. The largest absolute Gasteiger partial charge is 0.520 e. The summed E-state index contributed by atoms with van der Waals surface area (Å²) in [4.78, 5) is 23.5. The Hall–Kier alpha value is 1.22. The van der Waals surface area contributed by atoms with Crippen LogP contribution in [0, 0.1) is 0 Å². The van der Waals surface area contributed by atoms with E-state index in [1.807, 2.05) is 0 Å². The zero-order valence-corrected chi connectivity index (χ0v) is 69.5. The zero-order chi connectivity index (χ0) is 61.7. The van der Waals surface area contributed by atoms with Crippen LogP contribution in [0.25, 0.3) is 0 Å². The number of rotatable bonds is 46. The molecular weight excluding hydrogens is 1410 g/mol. The van der Waals surface area contributed by atoms with Crippen LogP contribution in [0.2, 0.25) is 188 Å². The molecule has 618 valence electrons. The van der Waals surface area contributed by atoms with Crippen LogP contribution >= 0.6 is 0 Å². The van der Waals surface area contributed by atoms with Crippen molar-refractivity contribution in [3.05, 3.63) is 0 Å². The maximum atomic E-state index is 12.1. The van der Waals surface area contributed by atoms with Crippen LogP contribution in [0.4, 0.5) is 0 Å². The van der Waals surface area contributed by atoms with Crippen molar-refractivity contribution in [1.29, 1.82) is 0 Å². The van der Waals surface area contributed by atoms with Gasteiger partial charge in [0.1, 0.15) is 0 Å². The van der Waals surface area contributed by atoms with Crippen LogP contribution in [0.3, 0.4) is 0 Å². The summed E-state index contributed by atoms with van der Waals surface area (Å²) in [5, 5.41) is 0. The first-order valence-electron chi connectivity index (χ1n) is 31.6. The monoisotopic (exact) mass is 1610 g/mol. The molecular formula is C73H206O12Si12. The minimum Gasteiger partial charge on any atom is -0.520 e. The van der Waals surface area contributed by atoms with Gasteiger partial charge in [0.15, 0.2) is 33.3 Å². The molecule has 24 heteroatoms. The van der Waals surface area contributed by atoms with E-state index < -0.39 is 102 Å². The van der Waals surface area contributed by atoms with E-state index in [1.165, 1.54) is 83.5 Å². The molecule has 0 aromatic rings. The van der Waals surface area contributed by atoms with E-state index in [0.717, 1.165) is 69.5 Å². The average Bonchev–Trinajstić information content (AvgIpc) is 3.17. The third-order valence-electron chi connectivity index (χ3n) is 12.0. The molecule has 0 heterocycles. The Balaban J connectivity index is -0.0000000805. The van der Waals surface area contributed by atoms with Crippen LogP contribution in [-0.4, -0.2) is 114 Å². The standard InChI is InChI=1S/C40H102O10Si11.C15H32O2Si.18CH4/c1-51(43-53(5,6)7)44-59(21,48-57(17,18)45-54(8,9)10)37-33-30-31-35-39-61(23,49-58(19,20)46-55(11,12)13)50-60(22,47-56(14,15)16)38-34-29-27-25-24-26-28-32-36-40(41)42-52(2,3)4;1-5-6-7-8-9-10-11-12-13-14-15(16)17-18(2,3)4;;;;;;;;;;;;;;;;;;/h51H,24-39H2,1-23H3;5-14H2,1-4H3;18*1H4. The zero-order valence-electron chi connectivity index (χ0n) is 57.4. The Morgan fingerprint density at radius 1 is 0.247 bits per heavy atom. The molecule has 0 aliphatic heterocycles. The number of carbonyl (C=O) groups excluding carboxylic acids is 2. The summed E-state index contributed by atoms with van der Waals surface area (Å²) >= 11 is 0. The summed E-state index contributed by atoms with van der Waals surface area (Å²) in [5.41, 5.74) is 0. The van der Waals surface area contributed by atoms with Gasteiger partial charge in [-0.1, -0.05) is 263 Å². The minimum absolute atomic E-state index is 0. The van der Waals surface area contributed by atoms with Crippen molar-refractivity contribution in [3.63, 3.8) is 0 Å². The van der Waals surface area contributed by atoms with Crippen LogP contribution in [-0.2, 0) is 51.4 Å². The lowest BCUT2D eigenvalue weighted by Gasteiger charge is -2.44. The highest BCUT2D eigenvalue weighted by Crippen LogP contribution is 2.34. The Bertz CT molecular complexity index is 1640. The van der Waals surface area contributed by atoms with Gasteiger partial charge in [0.05, 0.1) is 0 Å². The van der Waals surface area contributed by atoms with Gasteiger partial charge in [-0.25, -0.2) is 0 Å². The van der Waals surface area contributed by atoms with E-state index in [-0.39, 0.29) is 146 Å². The molecule has 0 spiro atoms. The van der Waals surface area contributed by atoms with Crippen molar-refractivity contribution in [2.45, 2.75) is 477 Å². The third-order valence-corrected chi connectivity index (χ3v) is 48.8. The Labute approximate surface area is 637 Å². The second kappa shape index (κ2) is 71.5. The van der Waals surface area contributed by atoms with E-state index in [0.29, 0.717) is 12.8 Å². The number of unbranched alkanes of at least 4 members (excludes halogenated alkanes) is 18. The number of carbonyl (C=O) groups is 2. The molecule has 97 heavy (non-hydrogen) atoms.